The van der Waals surface area contributed by atoms with Crippen molar-refractivity contribution in [2.24, 2.45) is 0 Å². The highest BCUT2D eigenvalue weighted by molar-refractivity contribution is 7.45. The average molecular weight is 815 g/mol. The molecule has 9 heteroatoms. The minimum atomic E-state index is -4.54. The number of quaternary nitrogens is 1. The Balaban J connectivity index is 3.84. The van der Waals surface area contributed by atoms with Crippen LogP contribution < -0.4 is 10.2 Å². The Morgan fingerprint density at radius 1 is 0.607 bits per heavy atom. The van der Waals surface area contributed by atoms with E-state index in [2.05, 4.69) is 31.3 Å². The Kier molecular flexibility index (Phi) is 39.1. The Morgan fingerprint density at radius 3 is 1.39 bits per heavy atom. The van der Waals surface area contributed by atoms with Crippen LogP contribution >= 0.6 is 7.82 Å². The average Bonchev–Trinajstić information content (AvgIpc) is 3.15. The second-order valence-electron chi connectivity index (χ2n) is 17.8. The molecular weight excluding hydrogens is 719 g/mol. The predicted molar refractivity (Wildman–Crippen MR) is 238 cm³/mol. The number of phosphoric acid groups is 1. The molecule has 0 fully saturated rings. The molecule has 8 nitrogen and oxygen atoms in total. The first-order valence-electron chi connectivity index (χ1n) is 24.0. The summed E-state index contributed by atoms with van der Waals surface area (Å²) in [7, 11) is 1.31. The number of carbonyl (C=O) groups is 1. The number of phosphoric ester groups is 1. The molecule has 0 saturated heterocycles. The van der Waals surface area contributed by atoms with Gasteiger partial charge in [0.2, 0.25) is 5.91 Å². The van der Waals surface area contributed by atoms with Crippen LogP contribution in [0.5, 0.6) is 0 Å². The van der Waals surface area contributed by atoms with Gasteiger partial charge in [-0.3, -0.25) is 9.36 Å². The molecule has 3 atom stereocenters. The van der Waals surface area contributed by atoms with Crippen molar-refractivity contribution in [2.75, 3.05) is 40.9 Å². The van der Waals surface area contributed by atoms with Crippen LogP contribution in [0.15, 0.2) is 12.2 Å². The van der Waals surface area contributed by atoms with Crippen LogP contribution in [0.4, 0.5) is 0 Å². The quantitative estimate of drug-likeness (QED) is 0.0274. The zero-order valence-electron chi connectivity index (χ0n) is 37.9. The Hall–Kier alpha value is -0.760. The van der Waals surface area contributed by atoms with E-state index in [0.717, 1.165) is 51.4 Å². The number of aliphatic hydroxyl groups is 1. The molecule has 2 N–H and O–H groups in total. The Bertz CT molecular complexity index is 927. The molecule has 0 aromatic carbocycles. The van der Waals surface area contributed by atoms with Crippen LogP contribution in [0.25, 0.3) is 0 Å². The van der Waals surface area contributed by atoms with Gasteiger partial charge >= 0.3 is 0 Å². The normalized spacial score (nSPS) is 14.3. The summed E-state index contributed by atoms with van der Waals surface area (Å²) in [6.07, 6.45) is 45.8. The number of allylic oxidation sites excluding steroid dienone is 2. The van der Waals surface area contributed by atoms with Gasteiger partial charge in [0.15, 0.2) is 0 Å². The lowest BCUT2D eigenvalue weighted by Crippen LogP contribution is -2.46. The van der Waals surface area contributed by atoms with Gasteiger partial charge in [0.25, 0.3) is 7.82 Å². The molecule has 1 amide bonds. The van der Waals surface area contributed by atoms with Crippen LogP contribution in [0.3, 0.4) is 0 Å². The second kappa shape index (κ2) is 39.7. The standard InChI is InChI=1S/C47H95N2O6P/c1-6-8-10-12-13-14-15-16-17-18-19-20-21-22-23-24-25-26-27-28-29-30-31-32-33-34-35-37-39-41-47(51)48-45(46(50)40-38-36-11-9-7-2)44-55-56(52,53)54-43-42-49(3,4)5/h18-19,45-46,50H,6-17,20-44H2,1-5H3,(H-,48,51,52,53)/b19-18-. The molecule has 0 saturated carbocycles. The summed E-state index contributed by atoms with van der Waals surface area (Å²) in [5.74, 6) is -0.169. The molecular formula is C47H95N2O6P. The summed E-state index contributed by atoms with van der Waals surface area (Å²) in [5.41, 5.74) is 0. The van der Waals surface area contributed by atoms with Crippen molar-refractivity contribution in [1.82, 2.24) is 5.32 Å². The fraction of sp³-hybridized carbons (Fsp3) is 0.936. The van der Waals surface area contributed by atoms with Gasteiger partial charge in [-0.1, -0.05) is 199 Å². The summed E-state index contributed by atoms with van der Waals surface area (Å²) in [6, 6.07) is -0.792. The van der Waals surface area contributed by atoms with Gasteiger partial charge in [-0.2, -0.15) is 0 Å². The molecule has 0 heterocycles. The fourth-order valence-corrected chi connectivity index (χ4v) is 7.88. The number of amides is 1. The van der Waals surface area contributed by atoms with Crippen LogP contribution in [0.1, 0.15) is 232 Å². The van der Waals surface area contributed by atoms with E-state index >= 15 is 0 Å². The van der Waals surface area contributed by atoms with Gasteiger partial charge in [-0.25, -0.2) is 0 Å². The van der Waals surface area contributed by atoms with Crippen molar-refractivity contribution in [1.29, 1.82) is 0 Å². The first-order valence-corrected chi connectivity index (χ1v) is 25.5. The summed E-state index contributed by atoms with van der Waals surface area (Å²) < 4.78 is 23.1. The SMILES string of the molecule is CCCCCCCCCC/C=C\CCCCCCCCCCCCCCCCCCCC(=O)NC(COP(=O)([O-])OCC[N+](C)(C)C)C(O)CCCCCCC. The van der Waals surface area contributed by atoms with E-state index in [0.29, 0.717) is 23.9 Å². The van der Waals surface area contributed by atoms with E-state index in [4.69, 9.17) is 9.05 Å². The third-order valence-corrected chi connectivity index (χ3v) is 12.0. The van der Waals surface area contributed by atoms with Crippen LogP contribution in [-0.2, 0) is 18.4 Å². The lowest BCUT2D eigenvalue weighted by Gasteiger charge is -2.30. The van der Waals surface area contributed by atoms with E-state index in [1.54, 1.807) is 0 Å². The van der Waals surface area contributed by atoms with Gasteiger partial charge < -0.3 is 28.8 Å². The molecule has 0 spiro atoms. The van der Waals surface area contributed by atoms with Gasteiger partial charge in [0.05, 0.1) is 39.9 Å². The van der Waals surface area contributed by atoms with E-state index in [-0.39, 0.29) is 19.1 Å². The maximum atomic E-state index is 12.8. The van der Waals surface area contributed by atoms with Gasteiger partial charge in [0.1, 0.15) is 13.2 Å². The monoisotopic (exact) mass is 815 g/mol. The largest absolute Gasteiger partial charge is 0.756 e. The topological polar surface area (TPSA) is 108 Å². The molecule has 0 aliphatic rings. The van der Waals surface area contributed by atoms with Gasteiger partial charge in [-0.15, -0.1) is 0 Å². The zero-order valence-corrected chi connectivity index (χ0v) is 38.7. The third-order valence-electron chi connectivity index (χ3n) is 11.0. The van der Waals surface area contributed by atoms with E-state index in [1.165, 1.54) is 154 Å². The van der Waals surface area contributed by atoms with Crippen molar-refractivity contribution in [2.45, 2.75) is 244 Å². The molecule has 0 aliphatic heterocycles. The minimum Gasteiger partial charge on any atom is -0.756 e. The molecule has 0 radical (unpaired) electrons. The second-order valence-corrected chi connectivity index (χ2v) is 19.2. The number of likely N-dealkylation sites (N-methyl/N-ethyl adjacent to an activating group) is 1. The van der Waals surface area contributed by atoms with Gasteiger partial charge in [0, 0.05) is 6.42 Å². The van der Waals surface area contributed by atoms with Crippen molar-refractivity contribution in [3.63, 3.8) is 0 Å². The number of rotatable bonds is 44. The molecule has 0 rings (SSSR count). The number of hydrogen-bond donors (Lipinski definition) is 2. The van der Waals surface area contributed by atoms with Crippen LogP contribution in [-0.4, -0.2) is 68.5 Å². The van der Waals surface area contributed by atoms with Crippen molar-refractivity contribution >= 4 is 13.7 Å². The number of aliphatic hydroxyl groups excluding tert-OH is 1. The van der Waals surface area contributed by atoms with Crippen molar-refractivity contribution in [3.8, 4) is 0 Å². The van der Waals surface area contributed by atoms with Crippen LogP contribution in [0.2, 0.25) is 0 Å². The molecule has 334 valence electrons. The summed E-state index contributed by atoms with van der Waals surface area (Å²) in [5, 5.41) is 13.7. The summed E-state index contributed by atoms with van der Waals surface area (Å²) >= 11 is 0. The highest BCUT2D eigenvalue weighted by Crippen LogP contribution is 2.38. The lowest BCUT2D eigenvalue weighted by atomic mass is 10.0. The van der Waals surface area contributed by atoms with E-state index in [9.17, 15) is 19.4 Å². The number of nitrogens with zero attached hydrogens (tertiary/aromatic N) is 1. The lowest BCUT2D eigenvalue weighted by molar-refractivity contribution is -0.870. The highest BCUT2D eigenvalue weighted by atomic mass is 31.2. The van der Waals surface area contributed by atoms with E-state index in [1.807, 2.05) is 21.1 Å². The van der Waals surface area contributed by atoms with E-state index < -0.39 is 20.0 Å². The molecule has 3 unspecified atom stereocenters. The number of unbranched alkanes of at least 4 members (excludes halogenated alkanes) is 29. The Morgan fingerprint density at radius 2 is 0.982 bits per heavy atom. The first-order chi connectivity index (χ1) is 27.0. The predicted octanol–water partition coefficient (Wildman–Crippen LogP) is 12.9. The maximum Gasteiger partial charge on any atom is 0.268 e. The molecule has 56 heavy (non-hydrogen) atoms. The highest BCUT2D eigenvalue weighted by Gasteiger charge is 2.24. The third kappa shape index (κ3) is 41.4. The first kappa shape index (κ1) is 55.2. The number of nitrogens with one attached hydrogen (secondary N) is 1. The molecule has 0 aromatic heterocycles. The van der Waals surface area contributed by atoms with Crippen LogP contribution in [0, 0.1) is 0 Å². The number of hydrogen-bond acceptors (Lipinski definition) is 6. The summed E-state index contributed by atoms with van der Waals surface area (Å²) in [4.78, 5) is 25.1. The van der Waals surface area contributed by atoms with Gasteiger partial charge in [-0.05, 0) is 38.5 Å². The minimum absolute atomic E-state index is 0.0136. The molecule has 0 aliphatic carbocycles. The van der Waals surface area contributed by atoms with Crippen molar-refractivity contribution in [3.05, 3.63) is 12.2 Å². The zero-order chi connectivity index (χ0) is 41.4. The smallest absolute Gasteiger partial charge is 0.268 e. The molecule has 0 aromatic rings. The molecule has 0 bridgehead atoms. The Labute approximate surface area is 348 Å². The van der Waals surface area contributed by atoms with Crippen molar-refractivity contribution < 1.29 is 32.9 Å². The summed E-state index contributed by atoms with van der Waals surface area (Å²) in [6.45, 7) is 4.64. The maximum absolute atomic E-state index is 12.8. The number of carbonyl (C=O) groups excluding carboxylic acids is 1. The fourth-order valence-electron chi connectivity index (χ4n) is 7.15.